The molecule has 80 valence electrons. The zero-order chi connectivity index (χ0) is 10.8. The monoisotopic (exact) mass is 207 g/mol. The normalized spacial score (nSPS) is 18.6. The van der Waals surface area contributed by atoms with Crippen LogP contribution in [0.25, 0.3) is 0 Å². The van der Waals surface area contributed by atoms with Crippen LogP contribution in [0.15, 0.2) is 18.2 Å². The quantitative estimate of drug-likeness (QED) is 0.760. The molecule has 1 atom stereocenters. The van der Waals surface area contributed by atoms with Crippen LogP contribution in [0.3, 0.4) is 0 Å². The van der Waals surface area contributed by atoms with E-state index in [1.165, 1.54) is 11.1 Å². The van der Waals surface area contributed by atoms with E-state index in [2.05, 4.69) is 0 Å². The van der Waals surface area contributed by atoms with Gasteiger partial charge in [-0.2, -0.15) is 0 Å². The van der Waals surface area contributed by atoms with E-state index in [9.17, 15) is 4.79 Å². The fourth-order valence-electron chi connectivity index (χ4n) is 1.86. The van der Waals surface area contributed by atoms with Gasteiger partial charge in [-0.1, -0.05) is 6.07 Å². The summed E-state index contributed by atoms with van der Waals surface area (Å²) in [7, 11) is 0. The molecule has 0 saturated heterocycles. The zero-order valence-electron chi connectivity index (χ0n) is 8.27. The number of carboxylic acid groups (broad SMARTS) is 1. The summed E-state index contributed by atoms with van der Waals surface area (Å²) in [6.45, 7) is -0.301. The largest absolute Gasteiger partial charge is 0.482 e. The van der Waals surface area contributed by atoms with Gasteiger partial charge >= 0.3 is 5.97 Å². The molecule has 1 aliphatic carbocycles. The van der Waals surface area contributed by atoms with Crippen molar-refractivity contribution in [3.8, 4) is 5.75 Å². The van der Waals surface area contributed by atoms with Crippen molar-refractivity contribution in [2.24, 2.45) is 5.73 Å². The molecule has 4 nitrogen and oxygen atoms in total. The van der Waals surface area contributed by atoms with Gasteiger partial charge in [0.25, 0.3) is 0 Å². The Morgan fingerprint density at radius 3 is 2.93 bits per heavy atom. The molecular formula is C11H13NO3. The average Bonchev–Trinajstić information content (AvgIpc) is 2.53. The lowest BCUT2D eigenvalue weighted by Gasteiger charge is -2.05. The molecule has 0 heterocycles. The third-order valence-electron chi connectivity index (χ3n) is 2.50. The van der Waals surface area contributed by atoms with E-state index in [0.717, 1.165) is 12.8 Å². The van der Waals surface area contributed by atoms with Gasteiger partial charge in [-0.15, -0.1) is 0 Å². The Morgan fingerprint density at radius 1 is 1.47 bits per heavy atom. The lowest BCUT2D eigenvalue weighted by atomic mass is 10.1. The van der Waals surface area contributed by atoms with Crippen LogP contribution in [0.2, 0.25) is 0 Å². The second kappa shape index (κ2) is 3.90. The third kappa shape index (κ3) is 2.27. The Labute approximate surface area is 87.7 Å². The predicted molar refractivity (Wildman–Crippen MR) is 55.0 cm³/mol. The van der Waals surface area contributed by atoms with Crippen LogP contribution >= 0.6 is 0 Å². The third-order valence-corrected chi connectivity index (χ3v) is 2.50. The molecule has 1 aromatic rings. The van der Waals surface area contributed by atoms with Crippen LogP contribution in [0.5, 0.6) is 5.75 Å². The van der Waals surface area contributed by atoms with Crippen molar-refractivity contribution in [1.82, 2.24) is 0 Å². The molecule has 0 amide bonds. The smallest absolute Gasteiger partial charge is 0.341 e. The predicted octanol–water partition coefficient (Wildman–Crippen LogP) is 0.576. The highest BCUT2D eigenvalue weighted by molar-refractivity contribution is 5.68. The summed E-state index contributed by atoms with van der Waals surface area (Å²) in [6, 6.07) is 5.82. The minimum absolute atomic E-state index is 0.190. The summed E-state index contributed by atoms with van der Waals surface area (Å²) >= 11 is 0. The lowest BCUT2D eigenvalue weighted by molar-refractivity contribution is -0.139. The first-order valence-corrected chi connectivity index (χ1v) is 4.87. The van der Waals surface area contributed by atoms with E-state index in [-0.39, 0.29) is 12.6 Å². The number of benzene rings is 1. The van der Waals surface area contributed by atoms with E-state index < -0.39 is 5.97 Å². The van der Waals surface area contributed by atoms with Crippen LogP contribution in [0, 0.1) is 0 Å². The van der Waals surface area contributed by atoms with Crippen molar-refractivity contribution in [2.45, 2.75) is 18.9 Å². The van der Waals surface area contributed by atoms with E-state index in [1.807, 2.05) is 12.1 Å². The zero-order valence-corrected chi connectivity index (χ0v) is 8.27. The van der Waals surface area contributed by atoms with Crippen molar-refractivity contribution < 1.29 is 14.6 Å². The molecule has 0 bridgehead atoms. The number of carboxylic acids is 1. The highest BCUT2D eigenvalue weighted by atomic mass is 16.5. The topological polar surface area (TPSA) is 72.5 Å². The van der Waals surface area contributed by atoms with Gasteiger partial charge in [-0.3, -0.25) is 0 Å². The van der Waals surface area contributed by atoms with Gasteiger partial charge in [0.1, 0.15) is 5.75 Å². The number of hydrogen-bond donors (Lipinski definition) is 2. The van der Waals surface area contributed by atoms with Gasteiger partial charge in [-0.25, -0.2) is 4.79 Å². The van der Waals surface area contributed by atoms with E-state index in [0.29, 0.717) is 5.75 Å². The Hall–Kier alpha value is -1.55. The van der Waals surface area contributed by atoms with Crippen molar-refractivity contribution in [2.75, 3.05) is 6.61 Å². The van der Waals surface area contributed by atoms with Crippen LogP contribution < -0.4 is 10.5 Å². The van der Waals surface area contributed by atoms with Gasteiger partial charge in [-0.05, 0) is 36.1 Å². The maximum absolute atomic E-state index is 10.3. The SMILES string of the molecule is NC1Cc2ccc(OCC(=O)O)cc2C1. The average molecular weight is 207 g/mol. The summed E-state index contributed by atoms with van der Waals surface area (Å²) in [5.74, 6) is -0.363. The first-order chi connectivity index (χ1) is 7.15. The minimum Gasteiger partial charge on any atom is -0.482 e. The summed E-state index contributed by atoms with van der Waals surface area (Å²) in [4.78, 5) is 10.3. The van der Waals surface area contributed by atoms with Crippen molar-refractivity contribution in [3.63, 3.8) is 0 Å². The fourth-order valence-corrected chi connectivity index (χ4v) is 1.86. The fraction of sp³-hybridized carbons (Fsp3) is 0.364. The van der Waals surface area contributed by atoms with E-state index in [1.54, 1.807) is 6.07 Å². The number of rotatable bonds is 3. The highest BCUT2D eigenvalue weighted by Gasteiger charge is 2.18. The summed E-state index contributed by atoms with van der Waals surface area (Å²) < 4.78 is 5.09. The molecule has 1 aromatic carbocycles. The first kappa shape index (κ1) is 9.98. The molecular weight excluding hydrogens is 194 g/mol. The Kier molecular flexibility index (Phi) is 2.60. The second-order valence-corrected chi connectivity index (χ2v) is 3.78. The van der Waals surface area contributed by atoms with Crippen LogP contribution in [-0.4, -0.2) is 23.7 Å². The molecule has 0 aliphatic heterocycles. The number of hydrogen-bond acceptors (Lipinski definition) is 3. The lowest BCUT2D eigenvalue weighted by Crippen LogP contribution is -2.18. The molecule has 3 N–H and O–H groups in total. The van der Waals surface area contributed by atoms with Gasteiger partial charge in [0.15, 0.2) is 6.61 Å². The molecule has 15 heavy (non-hydrogen) atoms. The van der Waals surface area contributed by atoms with Crippen LogP contribution in [-0.2, 0) is 17.6 Å². The standard InChI is InChI=1S/C11H13NO3/c12-9-3-7-1-2-10(5-8(7)4-9)15-6-11(13)14/h1-2,5,9H,3-4,6,12H2,(H,13,14). The van der Waals surface area contributed by atoms with Crippen molar-refractivity contribution >= 4 is 5.97 Å². The number of carbonyl (C=O) groups is 1. The number of fused-ring (bicyclic) bond motifs is 1. The van der Waals surface area contributed by atoms with Gasteiger partial charge in [0.2, 0.25) is 0 Å². The number of aliphatic carboxylic acids is 1. The molecule has 0 radical (unpaired) electrons. The summed E-state index contributed by atoms with van der Waals surface area (Å²) in [5.41, 5.74) is 8.23. The molecule has 4 heteroatoms. The molecule has 0 saturated carbocycles. The molecule has 0 aromatic heterocycles. The van der Waals surface area contributed by atoms with Crippen LogP contribution in [0.1, 0.15) is 11.1 Å². The maximum atomic E-state index is 10.3. The molecule has 0 fully saturated rings. The van der Waals surface area contributed by atoms with E-state index in [4.69, 9.17) is 15.6 Å². The van der Waals surface area contributed by atoms with E-state index >= 15 is 0 Å². The number of ether oxygens (including phenoxy) is 1. The van der Waals surface area contributed by atoms with Gasteiger partial charge in [0, 0.05) is 6.04 Å². The van der Waals surface area contributed by atoms with Gasteiger partial charge < -0.3 is 15.6 Å². The van der Waals surface area contributed by atoms with Crippen molar-refractivity contribution in [3.05, 3.63) is 29.3 Å². The van der Waals surface area contributed by atoms with Crippen molar-refractivity contribution in [1.29, 1.82) is 0 Å². The maximum Gasteiger partial charge on any atom is 0.341 e. The van der Waals surface area contributed by atoms with Crippen LogP contribution in [0.4, 0.5) is 0 Å². The minimum atomic E-state index is -0.966. The number of nitrogens with two attached hydrogens (primary N) is 1. The second-order valence-electron chi connectivity index (χ2n) is 3.78. The molecule has 0 spiro atoms. The summed E-state index contributed by atoms with van der Waals surface area (Å²) in [5, 5.41) is 8.47. The summed E-state index contributed by atoms with van der Waals surface area (Å²) in [6.07, 6.45) is 1.74. The Balaban J connectivity index is 2.09. The Morgan fingerprint density at radius 2 is 2.20 bits per heavy atom. The first-order valence-electron chi connectivity index (χ1n) is 4.87. The highest BCUT2D eigenvalue weighted by Crippen LogP contribution is 2.25. The van der Waals surface area contributed by atoms with Gasteiger partial charge in [0.05, 0.1) is 0 Å². The Bertz CT molecular complexity index is 389. The molecule has 1 unspecified atom stereocenters. The molecule has 1 aliphatic rings. The molecule has 2 rings (SSSR count).